The number of Topliss-reactive ketones (excluding diaryl/α,β-unsaturated/α-hetero) is 1. The van der Waals surface area contributed by atoms with E-state index in [4.69, 9.17) is 4.74 Å². The lowest BCUT2D eigenvalue weighted by molar-refractivity contribution is -0.181. The summed E-state index contributed by atoms with van der Waals surface area (Å²) in [6.07, 6.45) is 14.7. The van der Waals surface area contributed by atoms with Crippen LogP contribution in [0.3, 0.4) is 0 Å². The predicted molar refractivity (Wildman–Crippen MR) is 152 cm³/mol. The van der Waals surface area contributed by atoms with E-state index in [1.54, 1.807) is 12.2 Å². The van der Waals surface area contributed by atoms with Crippen molar-refractivity contribution in [3.8, 4) is 0 Å². The Bertz CT molecular complexity index is 1190. The van der Waals surface area contributed by atoms with Crippen molar-refractivity contribution in [2.75, 3.05) is 13.2 Å². The Balaban J connectivity index is 1.14. The van der Waals surface area contributed by atoms with E-state index in [9.17, 15) is 29.4 Å². The molecule has 8 heteroatoms. The molecule has 0 aromatic heterocycles. The molecule has 5 aliphatic rings. The van der Waals surface area contributed by atoms with Crippen LogP contribution in [0.5, 0.6) is 0 Å². The van der Waals surface area contributed by atoms with Crippen molar-refractivity contribution < 1.29 is 34.1 Å². The number of ketones is 2. The minimum Gasteiger partial charge on any atom is -0.458 e. The largest absolute Gasteiger partial charge is 0.458 e. The van der Waals surface area contributed by atoms with Crippen LogP contribution in [-0.2, 0) is 23.9 Å². The second-order valence-corrected chi connectivity index (χ2v) is 13.4. The van der Waals surface area contributed by atoms with E-state index in [0.29, 0.717) is 13.0 Å². The highest BCUT2D eigenvalue weighted by molar-refractivity contribution is 6.01. The molecular weight excluding hydrogens is 522 g/mol. The number of amides is 1. The fraction of sp³-hybridized carbons (Fsp3) is 0.697. The van der Waals surface area contributed by atoms with Gasteiger partial charge in [0, 0.05) is 29.7 Å². The molecule has 0 spiro atoms. The molecule has 0 aliphatic heterocycles. The van der Waals surface area contributed by atoms with Gasteiger partial charge in [0.15, 0.2) is 12.4 Å². The van der Waals surface area contributed by atoms with E-state index in [1.165, 1.54) is 18.4 Å². The molecule has 0 heterocycles. The van der Waals surface area contributed by atoms with Gasteiger partial charge in [0.05, 0.1) is 12.5 Å². The number of aliphatic hydroxyl groups excluding tert-OH is 1. The van der Waals surface area contributed by atoms with Crippen molar-refractivity contribution in [3.05, 3.63) is 35.5 Å². The van der Waals surface area contributed by atoms with Gasteiger partial charge in [-0.25, -0.2) is 0 Å². The molecule has 3 saturated carbocycles. The van der Waals surface area contributed by atoms with E-state index in [0.717, 1.165) is 37.7 Å². The predicted octanol–water partition coefficient (Wildman–Crippen LogP) is 3.90. The van der Waals surface area contributed by atoms with Crippen LogP contribution in [0.1, 0.15) is 90.9 Å². The fourth-order valence-corrected chi connectivity index (χ4v) is 8.92. The summed E-state index contributed by atoms with van der Waals surface area (Å²) in [5.41, 5.74) is -0.545. The smallest absolute Gasteiger partial charge is 0.306 e. The zero-order valence-corrected chi connectivity index (χ0v) is 24.5. The topological polar surface area (TPSA) is 130 Å². The second kappa shape index (κ2) is 11.6. The third-order valence-electron chi connectivity index (χ3n) is 11.2. The molecule has 1 amide bonds. The summed E-state index contributed by atoms with van der Waals surface area (Å²) in [6.45, 7) is 3.98. The molecular formula is C33H45NO7. The van der Waals surface area contributed by atoms with Crippen LogP contribution in [0.15, 0.2) is 35.5 Å². The third kappa shape index (κ3) is 5.50. The number of carbonyl (C=O) groups excluding carboxylic acids is 4. The van der Waals surface area contributed by atoms with Gasteiger partial charge in [-0.3, -0.25) is 19.2 Å². The van der Waals surface area contributed by atoms with E-state index in [2.05, 4.69) is 18.3 Å². The number of ether oxygens (including phenoxy) is 1. The van der Waals surface area contributed by atoms with Crippen LogP contribution in [0.4, 0.5) is 0 Å². The Morgan fingerprint density at radius 2 is 1.93 bits per heavy atom. The first kappa shape index (κ1) is 29.9. The maximum atomic E-state index is 13.4. The van der Waals surface area contributed by atoms with Crippen molar-refractivity contribution in [2.45, 2.75) is 103 Å². The van der Waals surface area contributed by atoms with Crippen LogP contribution in [-0.4, -0.2) is 58.5 Å². The number of aliphatic hydroxyl groups is 2. The maximum Gasteiger partial charge on any atom is 0.306 e. The SMILES string of the molecule is C[C@]12C=CC(=O)C=C1CC[C@H]1[C@H]2[C@@H](O)C[C@@]2(C)[C@@H]1CC[C@]2(O)C(=O)COC(=O)CCC(=O)NCCC1=CCCCC1. The lowest BCUT2D eigenvalue weighted by atomic mass is 9.46. The van der Waals surface area contributed by atoms with Gasteiger partial charge in [-0.15, -0.1) is 0 Å². The fourth-order valence-electron chi connectivity index (χ4n) is 8.92. The molecule has 5 rings (SSSR count). The van der Waals surface area contributed by atoms with Crippen molar-refractivity contribution in [2.24, 2.45) is 28.6 Å². The first-order valence-corrected chi connectivity index (χ1v) is 15.5. The lowest BCUT2D eigenvalue weighted by Gasteiger charge is -2.59. The lowest BCUT2D eigenvalue weighted by Crippen LogP contribution is -2.61. The van der Waals surface area contributed by atoms with Gasteiger partial charge in [-0.1, -0.05) is 37.1 Å². The van der Waals surface area contributed by atoms with E-state index >= 15 is 0 Å². The molecule has 5 aliphatic carbocycles. The number of allylic oxidation sites excluding steroid dienone is 5. The summed E-state index contributed by atoms with van der Waals surface area (Å²) < 4.78 is 5.24. The minimum atomic E-state index is -1.70. The Kier molecular flexibility index (Phi) is 8.46. The third-order valence-corrected chi connectivity index (χ3v) is 11.2. The van der Waals surface area contributed by atoms with Crippen molar-refractivity contribution in [1.82, 2.24) is 5.32 Å². The zero-order valence-electron chi connectivity index (χ0n) is 24.5. The number of hydrogen-bond donors (Lipinski definition) is 3. The highest BCUT2D eigenvalue weighted by atomic mass is 16.5. The molecule has 0 aromatic carbocycles. The van der Waals surface area contributed by atoms with Gasteiger partial charge in [-0.2, -0.15) is 0 Å². The van der Waals surface area contributed by atoms with Crippen molar-refractivity contribution >= 4 is 23.4 Å². The van der Waals surface area contributed by atoms with E-state index < -0.39 is 40.9 Å². The maximum absolute atomic E-state index is 13.4. The number of rotatable bonds is 9. The van der Waals surface area contributed by atoms with Crippen LogP contribution in [0.25, 0.3) is 0 Å². The van der Waals surface area contributed by atoms with Gasteiger partial charge in [0.2, 0.25) is 11.7 Å². The molecule has 8 nitrogen and oxygen atoms in total. The van der Waals surface area contributed by atoms with Gasteiger partial charge in [0.25, 0.3) is 0 Å². The second-order valence-electron chi connectivity index (χ2n) is 13.4. The van der Waals surface area contributed by atoms with Crippen LogP contribution in [0, 0.1) is 28.6 Å². The Labute approximate surface area is 242 Å². The van der Waals surface area contributed by atoms with E-state index in [-0.39, 0.29) is 55.1 Å². The Hall–Kier alpha value is -2.58. The molecule has 7 atom stereocenters. The summed E-state index contributed by atoms with van der Waals surface area (Å²) in [5.74, 6) is -1.40. The molecule has 0 saturated heterocycles. The molecule has 3 fully saturated rings. The molecule has 0 bridgehead atoms. The number of carbonyl (C=O) groups is 4. The number of esters is 1. The first-order chi connectivity index (χ1) is 19.5. The highest BCUT2D eigenvalue weighted by Crippen LogP contribution is 2.67. The molecule has 0 aromatic rings. The monoisotopic (exact) mass is 567 g/mol. The standard InChI is InChI=1S/C33H45NO7/c1-31-15-12-23(35)18-22(31)8-9-24-25-13-16-33(40,32(25,2)19-26(36)30(24)31)27(37)20-41-29(39)11-10-28(38)34-17-14-21-6-4-3-5-7-21/h6,12,15,18,24-26,30,36,40H,3-5,7-11,13-14,16-17,19-20H2,1-2H3,(H,34,38)/t24-,25-,26+,30+,31+,32+,33+/m1/s1. The number of nitrogens with one attached hydrogen (secondary N) is 1. The molecule has 0 unspecified atom stereocenters. The van der Waals surface area contributed by atoms with Gasteiger partial charge in [0.1, 0.15) is 5.60 Å². The summed E-state index contributed by atoms with van der Waals surface area (Å²) in [4.78, 5) is 50.0. The molecule has 41 heavy (non-hydrogen) atoms. The summed E-state index contributed by atoms with van der Waals surface area (Å²) >= 11 is 0. The van der Waals surface area contributed by atoms with E-state index in [1.807, 2.05) is 13.0 Å². The van der Waals surface area contributed by atoms with Crippen LogP contribution in [0.2, 0.25) is 0 Å². The van der Waals surface area contributed by atoms with Crippen molar-refractivity contribution in [1.29, 1.82) is 0 Å². The van der Waals surface area contributed by atoms with Gasteiger partial charge >= 0.3 is 5.97 Å². The van der Waals surface area contributed by atoms with Gasteiger partial charge in [-0.05, 0) is 88.2 Å². The molecule has 224 valence electrons. The van der Waals surface area contributed by atoms with Crippen LogP contribution >= 0.6 is 0 Å². The molecule has 3 N–H and O–H groups in total. The first-order valence-electron chi connectivity index (χ1n) is 15.5. The summed E-state index contributed by atoms with van der Waals surface area (Å²) in [6, 6.07) is 0. The average molecular weight is 568 g/mol. The highest BCUT2D eigenvalue weighted by Gasteiger charge is 2.68. The Morgan fingerprint density at radius 1 is 1.12 bits per heavy atom. The van der Waals surface area contributed by atoms with Gasteiger partial charge < -0.3 is 20.3 Å². The minimum absolute atomic E-state index is 0.0133. The van der Waals surface area contributed by atoms with Crippen LogP contribution < -0.4 is 5.32 Å². The number of fused-ring (bicyclic) bond motifs is 5. The summed E-state index contributed by atoms with van der Waals surface area (Å²) in [7, 11) is 0. The normalized spacial score (nSPS) is 37.7. The molecule has 0 radical (unpaired) electrons. The Morgan fingerprint density at radius 3 is 2.68 bits per heavy atom. The zero-order chi connectivity index (χ0) is 29.4. The van der Waals surface area contributed by atoms with Crippen molar-refractivity contribution in [3.63, 3.8) is 0 Å². The quantitative estimate of drug-likeness (QED) is 0.285. The number of hydrogen-bond acceptors (Lipinski definition) is 7. The summed E-state index contributed by atoms with van der Waals surface area (Å²) in [5, 5.41) is 26.1. The average Bonchev–Trinajstić information content (AvgIpc) is 3.22.